The summed E-state index contributed by atoms with van der Waals surface area (Å²) in [6.45, 7) is 5.15. The van der Waals surface area contributed by atoms with E-state index in [4.69, 9.17) is 9.47 Å². The molecular formula is C21H22N2O3. The van der Waals surface area contributed by atoms with E-state index in [1.807, 2.05) is 37.3 Å². The van der Waals surface area contributed by atoms with Gasteiger partial charge in [-0.1, -0.05) is 13.0 Å². The molecule has 5 nitrogen and oxygen atoms in total. The minimum absolute atomic E-state index is 0.195. The number of anilines is 1. The number of rotatable bonds is 7. The highest BCUT2D eigenvalue weighted by atomic mass is 16.5. The maximum absolute atomic E-state index is 12.7. The summed E-state index contributed by atoms with van der Waals surface area (Å²) in [5.41, 5.74) is 1.98. The van der Waals surface area contributed by atoms with Gasteiger partial charge >= 0.3 is 0 Å². The molecule has 5 heteroatoms. The molecule has 1 N–H and O–H groups in total. The zero-order valence-electron chi connectivity index (χ0n) is 15.0. The molecule has 0 saturated carbocycles. The second-order valence-electron chi connectivity index (χ2n) is 5.77. The van der Waals surface area contributed by atoms with Crippen molar-refractivity contribution in [2.75, 3.05) is 18.5 Å². The lowest BCUT2D eigenvalue weighted by atomic mass is 10.1. The van der Waals surface area contributed by atoms with Crippen LogP contribution < -0.4 is 14.8 Å². The van der Waals surface area contributed by atoms with Crippen LogP contribution >= 0.6 is 0 Å². The molecule has 134 valence electrons. The van der Waals surface area contributed by atoms with Crippen molar-refractivity contribution in [3.63, 3.8) is 0 Å². The Morgan fingerprint density at radius 3 is 2.77 bits per heavy atom. The number of nitrogens with zero attached hydrogens (tertiary/aromatic N) is 1. The number of ether oxygens (including phenoxy) is 2. The number of benzene rings is 2. The van der Waals surface area contributed by atoms with Gasteiger partial charge in [0, 0.05) is 17.1 Å². The first-order valence-electron chi connectivity index (χ1n) is 8.77. The molecule has 3 rings (SSSR count). The van der Waals surface area contributed by atoms with E-state index in [0.29, 0.717) is 30.2 Å². The molecule has 0 bridgehead atoms. The number of carbonyl (C=O) groups excluding carboxylic acids is 1. The molecule has 1 amide bonds. The third kappa shape index (κ3) is 3.94. The largest absolute Gasteiger partial charge is 0.494 e. The van der Waals surface area contributed by atoms with Crippen LogP contribution in [0.5, 0.6) is 11.5 Å². The van der Waals surface area contributed by atoms with Crippen molar-refractivity contribution in [3.05, 3.63) is 60.3 Å². The van der Waals surface area contributed by atoms with Crippen molar-refractivity contribution in [2.45, 2.75) is 20.3 Å². The van der Waals surface area contributed by atoms with Gasteiger partial charge in [-0.25, -0.2) is 0 Å². The van der Waals surface area contributed by atoms with Crippen LogP contribution in [0, 0.1) is 0 Å². The Bertz CT molecular complexity index is 909. The fraction of sp³-hybridized carbons (Fsp3) is 0.238. The predicted octanol–water partition coefficient (Wildman–Crippen LogP) is 4.67. The van der Waals surface area contributed by atoms with E-state index in [-0.39, 0.29) is 5.91 Å². The monoisotopic (exact) mass is 350 g/mol. The van der Waals surface area contributed by atoms with Crippen LogP contribution in [-0.4, -0.2) is 24.1 Å². The summed E-state index contributed by atoms with van der Waals surface area (Å²) in [4.78, 5) is 17.1. The molecule has 3 aromatic rings. The molecule has 0 spiro atoms. The van der Waals surface area contributed by atoms with Gasteiger partial charge in [0.2, 0.25) is 0 Å². The van der Waals surface area contributed by atoms with Crippen molar-refractivity contribution in [1.29, 1.82) is 0 Å². The van der Waals surface area contributed by atoms with Crippen LogP contribution in [0.1, 0.15) is 30.6 Å². The first kappa shape index (κ1) is 17.7. The third-order valence-corrected chi connectivity index (χ3v) is 3.85. The van der Waals surface area contributed by atoms with Crippen LogP contribution in [0.15, 0.2) is 54.7 Å². The molecule has 0 unspecified atom stereocenters. The predicted molar refractivity (Wildman–Crippen MR) is 103 cm³/mol. The summed E-state index contributed by atoms with van der Waals surface area (Å²) < 4.78 is 11.2. The topological polar surface area (TPSA) is 60.5 Å². The molecular weight excluding hydrogens is 328 g/mol. The van der Waals surface area contributed by atoms with E-state index in [9.17, 15) is 4.79 Å². The highest BCUT2D eigenvalue weighted by molar-refractivity contribution is 6.09. The molecule has 0 aliphatic carbocycles. The standard InChI is InChI=1S/C21H22N2O3/c1-3-13-26-19-11-10-18(17-9-6-12-22-20(17)19)23-21(24)15-7-5-8-16(14-15)25-4-2/h5-12,14H,3-4,13H2,1-2H3,(H,23,24). The summed E-state index contributed by atoms with van der Waals surface area (Å²) in [6.07, 6.45) is 2.64. The normalized spacial score (nSPS) is 10.5. The van der Waals surface area contributed by atoms with Crippen LogP contribution in [0.4, 0.5) is 5.69 Å². The molecule has 1 aromatic heterocycles. The molecule has 0 radical (unpaired) electrons. The van der Waals surface area contributed by atoms with Crippen LogP contribution in [-0.2, 0) is 0 Å². The Morgan fingerprint density at radius 2 is 1.96 bits per heavy atom. The number of nitrogens with one attached hydrogen (secondary N) is 1. The quantitative estimate of drug-likeness (QED) is 0.672. The van der Waals surface area contributed by atoms with Gasteiger partial charge in [0.25, 0.3) is 5.91 Å². The second kappa shape index (κ2) is 8.34. The number of hydrogen-bond donors (Lipinski definition) is 1. The molecule has 1 heterocycles. The summed E-state index contributed by atoms with van der Waals surface area (Å²) >= 11 is 0. The molecule has 0 saturated heterocycles. The van der Waals surface area contributed by atoms with Gasteiger partial charge in [-0.2, -0.15) is 0 Å². The van der Waals surface area contributed by atoms with Gasteiger partial charge in [-0.05, 0) is 55.8 Å². The maximum atomic E-state index is 12.7. The van der Waals surface area contributed by atoms with Crippen LogP contribution in [0.3, 0.4) is 0 Å². The zero-order valence-corrected chi connectivity index (χ0v) is 15.0. The van der Waals surface area contributed by atoms with E-state index in [2.05, 4.69) is 17.2 Å². The lowest BCUT2D eigenvalue weighted by molar-refractivity contribution is 0.102. The Labute approximate surface area is 153 Å². The summed E-state index contributed by atoms with van der Waals surface area (Å²) in [5, 5.41) is 3.81. The van der Waals surface area contributed by atoms with Gasteiger partial charge in [-0.3, -0.25) is 9.78 Å². The summed E-state index contributed by atoms with van der Waals surface area (Å²) in [7, 11) is 0. The van der Waals surface area contributed by atoms with E-state index in [1.54, 1.807) is 24.4 Å². The number of aromatic nitrogens is 1. The number of fused-ring (bicyclic) bond motifs is 1. The van der Waals surface area contributed by atoms with Gasteiger partial charge in [-0.15, -0.1) is 0 Å². The minimum Gasteiger partial charge on any atom is -0.494 e. The third-order valence-electron chi connectivity index (χ3n) is 3.85. The maximum Gasteiger partial charge on any atom is 0.255 e. The number of amides is 1. The van der Waals surface area contributed by atoms with E-state index in [0.717, 1.165) is 23.1 Å². The Morgan fingerprint density at radius 1 is 1.08 bits per heavy atom. The van der Waals surface area contributed by atoms with E-state index < -0.39 is 0 Å². The van der Waals surface area contributed by atoms with Gasteiger partial charge in [0.05, 0.1) is 18.9 Å². The first-order valence-corrected chi connectivity index (χ1v) is 8.77. The molecule has 2 aromatic carbocycles. The van der Waals surface area contributed by atoms with Crippen molar-refractivity contribution in [1.82, 2.24) is 4.98 Å². The molecule has 0 atom stereocenters. The second-order valence-corrected chi connectivity index (χ2v) is 5.77. The number of carbonyl (C=O) groups is 1. The zero-order chi connectivity index (χ0) is 18.4. The van der Waals surface area contributed by atoms with Crippen LogP contribution in [0.25, 0.3) is 10.9 Å². The molecule has 0 fully saturated rings. The SMILES string of the molecule is CCCOc1ccc(NC(=O)c2cccc(OCC)c2)c2cccnc12. The van der Waals surface area contributed by atoms with E-state index in [1.165, 1.54) is 0 Å². The Hall–Kier alpha value is -3.08. The van der Waals surface area contributed by atoms with Crippen LogP contribution in [0.2, 0.25) is 0 Å². The molecule has 26 heavy (non-hydrogen) atoms. The first-order chi connectivity index (χ1) is 12.7. The van der Waals surface area contributed by atoms with Gasteiger partial charge in [0.15, 0.2) is 0 Å². The minimum atomic E-state index is -0.195. The highest BCUT2D eigenvalue weighted by Crippen LogP contribution is 2.30. The summed E-state index contributed by atoms with van der Waals surface area (Å²) in [5.74, 6) is 1.20. The Balaban J connectivity index is 1.89. The fourth-order valence-electron chi connectivity index (χ4n) is 2.67. The molecule has 0 aliphatic rings. The lowest BCUT2D eigenvalue weighted by Crippen LogP contribution is -2.12. The van der Waals surface area contributed by atoms with E-state index >= 15 is 0 Å². The highest BCUT2D eigenvalue weighted by Gasteiger charge is 2.12. The van der Waals surface area contributed by atoms with Crippen molar-refractivity contribution < 1.29 is 14.3 Å². The van der Waals surface area contributed by atoms with Crippen molar-refractivity contribution in [3.8, 4) is 11.5 Å². The Kier molecular flexibility index (Phi) is 5.69. The number of hydrogen-bond acceptors (Lipinski definition) is 4. The molecule has 0 aliphatic heterocycles. The van der Waals surface area contributed by atoms with Gasteiger partial charge < -0.3 is 14.8 Å². The average molecular weight is 350 g/mol. The average Bonchev–Trinajstić information content (AvgIpc) is 2.68. The smallest absolute Gasteiger partial charge is 0.255 e. The summed E-state index contributed by atoms with van der Waals surface area (Å²) in [6, 6.07) is 14.6. The van der Waals surface area contributed by atoms with Crippen molar-refractivity contribution in [2.24, 2.45) is 0 Å². The van der Waals surface area contributed by atoms with Gasteiger partial charge in [0.1, 0.15) is 17.0 Å². The van der Waals surface area contributed by atoms with Crippen molar-refractivity contribution >= 4 is 22.5 Å². The number of pyridine rings is 1. The lowest BCUT2D eigenvalue weighted by Gasteiger charge is -2.13. The fourth-order valence-corrected chi connectivity index (χ4v) is 2.67.